The Hall–Kier alpha value is -1.54. The van der Waals surface area contributed by atoms with Crippen LogP contribution in [0.1, 0.15) is 22.0 Å². The van der Waals surface area contributed by atoms with E-state index < -0.39 is 0 Å². The van der Waals surface area contributed by atoms with Gasteiger partial charge in [0.1, 0.15) is 11.5 Å². The predicted molar refractivity (Wildman–Crippen MR) is 72.8 cm³/mol. The molecule has 17 heavy (non-hydrogen) atoms. The molecule has 0 amide bonds. The van der Waals surface area contributed by atoms with Crippen LogP contribution >= 0.6 is 11.3 Å². The van der Waals surface area contributed by atoms with E-state index in [0.29, 0.717) is 0 Å². The lowest BCUT2D eigenvalue weighted by Crippen LogP contribution is -1.78. The first-order valence-electron chi connectivity index (χ1n) is 5.76. The van der Waals surface area contributed by atoms with Crippen molar-refractivity contribution < 1.29 is 4.42 Å². The molecular formula is C15H14OS. The Labute approximate surface area is 105 Å². The Morgan fingerprint density at radius 3 is 2.65 bits per heavy atom. The monoisotopic (exact) mass is 242 g/mol. The Morgan fingerprint density at radius 1 is 1.12 bits per heavy atom. The molecule has 1 nitrogen and oxygen atoms in total. The Balaban J connectivity index is 1.94. The van der Waals surface area contributed by atoms with Crippen molar-refractivity contribution >= 4 is 21.4 Å². The molecule has 1 aromatic carbocycles. The summed E-state index contributed by atoms with van der Waals surface area (Å²) in [4.78, 5) is 1.36. The summed E-state index contributed by atoms with van der Waals surface area (Å²) < 4.78 is 7.07. The van der Waals surface area contributed by atoms with Crippen molar-refractivity contribution in [3.05, 3.63) is 58.4 Å². The van der Waals surface area contributed by atoms with Crippen LogP contribution in [-0.2, 0) is 6.42 Å². The van der Waals surface area contributed by atoms with Crippen LogP contribution in [0, 0.1) is 13.8 Å². The van der Waals surface area contributed by atoms with Gasteiger partial charge in [-0.3, -0.25) is 0 Å². The lowest BCUT2D eigenvalue weighted by molar-refractivity contribution is 0.492. The quantitative estimate of drug-likeness (QED) is 0.634. The minimum atomic E-state index is 0.897. The number of hydrogen-bond acceptors (Lipinski definition) is 2. The summed E-state index contributed by atoms with van der Waals surface area (Å²) in [6.07, 6.45) is 0.897. The highest BCUT2D eigenvalue weighted by atomic mass is 32.1. The van der Waals surface area contributed by atoms with Crippen LogP contribution in [0.25, 0.3) is 10.1 Å². The molecule has 2 aromatic heterocycles. The van der Waals surface area contributed by atoms with Crippen LogP contribution in [0.2, 0.25) is 0 Å². The van der Waals surface area contributed by atoms with Gasteiger partial charge >= 0.3 is 0 Å². The summed E-state index contributed by atoms with van der Waals surface area (Å²) in [5, 5.41) is 1.33. The van der Waals surface area contributed by atoms with Crippen LogP contribution < -0.4 is 0 Å². The summed E-state index contributed by atoms with van der Waals surface area (Å²) in [5.74, 6) is 2.09. The van der Waals surface area contributed by atoms with Crippen LogP contribution in [0.5, 0.6) is 0 Å². The fraction of sp³-hybridized carbons (Fsp3) is 0.200. The molecule has 0 aliphatic carbocycles. The fourth-order valence-electron chi connectivity index (χ4n) is 2.03. The third kappa shape index (κ3) is 2.01. The normalized spacial score (nSPS) is 11.2. The zero-order valence-electron chi connectivity index (χ0n) is 9.99. The van der Waals surface area contributed by atoms with E-state index in [9.17, 15) is 0 Å². The van der Waals surface area contributed by atoms with E-state index in [0.717, 1.165) is 17.9 Å². The number of furan rings is 1. The average Bonchev–Trinajstić information content (AvgIpc) is 2.83. The molecule has 86 valence electrons. The fourth-order valence-corrected chi connectivity index (χ4v) is 3.11. The van der Waals surface area contributed by atoms with E-state index in [1.54, 1.807) is 0 Å². The lowest BCUT2D eigenvalue weighted by atomic mass is 10.2. The van der Waals surface area contributed by atoms with Crippen molar-refractivity contribution in [3.63, 3.8) is 0 Å². The van der Waals surface area contributed by atoms with Gasteiger partial charge in [-0.05, 0) is 43.0 Å². The summed E-state index contributed by atoms with van der Waals surface area (Å²) in [6.45, 7) is 4.11. The minimum absolute atomic E-state index is 0.897. The standard InChI is InChI=1S/C15H14OS/c1-10-7-13(16-11(10)2)9-14-8-12-5-3-4-6-15(12)17-14/h3-8H,9H2,1-2H3. The van der Waals surface area contributed by atoms with Crippen molar-refractivity contribution in [1.82, 2.24) is 0 Å². The molecule has 0 saturated heterocycles. The largest absolute Gasteiger partial charge is 0.466 e. The van der Waals surface area contributed by atoms with Gasteiger partial charge in [-0.1, -0.05) is 18.2 Å². The van der Waals surface area contributed by atoms with Crippen molar-refractivity contribution in [3.8, 4) is 0 Å². The second-order valence-electron chi connectivity index (χ2n) is 4.38. The number of aryl methyl sites for hydroxylation is 2. The molecule has 0 spiro atoms. The topological polar surface area (TPSA) is 13.1 Å². The second-order valence-corrected chi connectivity index (χ2v) is 5.55. The molecule has 0 N–H and O–H groups in total. The van der Waals surface area contributed by atoms with Crippen LogP contribution in [0.3, 0.4) is 0 Å². The van der Waals surface area contributed by atoms with Crippen LogP contribution in [0.15, 0.2) is 40.8 Å². The molecule has 0 saturated carbocycles. The molecule has 0 fully saturated rings. The van der Waals surface area contributed by atoms with Crippen molar-refractivity contribution in [2.24, 2.45) is 0 Å². The molecular weight excluding hydrogens is 228 g/mol. The molecule has 0 atom stereocenters. The van der Waals surface area contributed by atoms with Gasteiger partial charge in [0, 0.05) is 16.0 Å². The third-order valence-electron chi connectivity index (χ3n) is 3.04. The first kappa shape index (κ1) is 10.6. The maximum atomic E-state index is 5.72. The average molecular weight is 242 g/mol. The van der Waals surface area contributed by atoms with E-state index in [4.69, 9.17) is 4.42 Å². The Kier molecular flexibility index (Phi) is 2.52. The van der Waals surface area contributed by atoms with Gasteiger partial charge in [-0.15, -0.1) is 11.3 Å². The van der Waals surface area contributed by atoms with Crippen LogP contribution in [-0.4, -0.2) is 0 Å². The van der Waals surface area contributed by atoms with Crippen LogP contribution in [0.4, 0.5) is 0 Å². The maximum absolute atomic E-state index is 5.72. The van der Waals surface area contributed by atoms with E-state index in [-0.39, 0.29) is 0 Å². The summed E-state index contributed by atoms with van der Waals surface area (Å²) in [7, 11) is 0. The summed E-state index contributed by atoms with van der Waals surface area (Å²) in [5.41, 5.74) is 1.24. The maximum Gasteiger partial charge on any atom is 0.109 e. The smallest absolute Gasteiger partial charge is 0.109 e. The Bertz CT molecular complexity index is 608. The highest BCUT2D eigenvalue weighted by Crippen LogP contribution is 2.28. The highest BCUT2D eigenvalue weighted by molar-refractivity contribution is 7.19. The lowest BCUT2D eigenvalue weighted by Gasteiger charge is -1.91. The van der Waals surface area contributed by atoms with Gasteiger partial charge in [-0.25, -0.2) is 0 Å². The number of rotatable bonds is 2. The third-order valence-corrected chi connectivity index (χ3v) is 4.16. The number of fused-ring (bicyclic) bond motifs is 1. The van der Waals surface area contributed by atoms with Crippen molar-refractivity contribution in [2.75, 3.05) is 0 Å². The SMILES string of the molecule is Cc1cc(Cc2cc3ccccc3s2)oc1C. The minimum Gasteiger partial charge on any atom is -0.466 e. The molecule has 0 aliphatic heterocycles. The van der Waals surface area contributed by atoms with Crippen molar-refractivity contribution in [1.29, 1.82) is 0 Å². The van der Waals surface area contributed by atoms with Gasteiger partial charge in [0.05, 0.1) is 0 Å². The van der Waals surface area contributed by atoms with E-state index in [1.165, 1.54) is 20.5 Å². The zero-order valence-corrected chi connectivity index (χ0v) is 10.8. The summed E-state index contributed by atoms with van der Waals surface area (Å²) in [6, 6.07) is 12.9. The first-order chi connectivity index (χ1) is 8.22. The molecule has 2 heterocycles. The molecule has 0 bridgehead atoms. The molecule has 0 unspecified atom stereocenters. The van der Waals surface area contributed by atoms with Gasteiger partial charge in [-0.2, -0.15) is 0 Å². The number of hydrogen-bond donors (Lipinski definition) is 0. The van der Waals surface area contributed by atoms with E-state index in [1.807, 2.05) is 18.3 Å². The van der Waals surface area contributed by atoms with E-state index in [2.05, 4.69) is 43.3 Å². The number of thiophene rings is 1. The predicted octanol–water partition coefficient (Wildman–Crippen LogP) is 4.70. The van der Waals surface area contributed by atoms with E-state index >= 15 is 0 Å². The Morgan fingerprint density at radius 2 is 1.94 bits per heavy atom. The van der Waals surface area contributed by atoms with Gasteiger partial charge in [0.2, 0.25) is 0 Å². The molecule has 0 aliphatic rings. The van der Waals surface area contributed by atoms with Gasteiger partial charge in [0.15, 0.2) is 0 Å². The highest BCUT2D eigenvalue weighted by Gasteiger charge is 2.07. The zero-order chi connectivity index (χ0) is 11.8. The molecule has 2 heteroatoms. The molecule has 0 radical (unpaired) electrons. The molecule has 3 aromatic rings. The first-order valence-corrected chi connectivity index (χ1v) is 6.57. The van der Waals surface area contributed by atoms with Crippen molar-refractivity contribution in [2.45, 2.75) is 20.3 Å². The molecule has 3 rings (SSSR count). The summed E-state index contributed by atoms with van der Waals surface area (Å²) >= 11 is 1.85. The number of benzene rings is 1. The van der Waals surface area contributed by atoms with Gasteiger partial charge in [0.25, 0.3) is 0 Å². The van der Waals surface area contributed by atoms with Gasteiger partial charge < -0.3 is 4.42 Å². The second kappa shape index (κ2) is 4.04.